The van der Waals surface area contributed by atoms with Gasteiger partial charge in [-0.1, -0.05) is 45.7 Å². The van der Waals surface area contributed by atoms with Crippen molar-refractivity contribution in [1.82, 2.24) is 14.5 Å². The maximum atomic E-state index is 13.1. The van der Waals surface area contributed by atoms with Crippen LogP contribution in [0.2, 0.25) is 5.02 Å². The van der Waals surface area contributed by atoms with Crippen molar-refractivity contribution >= 4 is 28.4 Å². The number of hydrogen-bond acceptors (Lipinski definition) is 3. The fraction of sp³-hybridized carbons (Fsp3) is 0.591. The van der Waals surface area contributed by atoms with Crippen LogP contribution in [0.5, 0.6) is 0 Å². The van der Waals surface area contributed by atoms with Gasteiger partial charge in [0, 0.05) is 24.5 Å². The Morgan fingerprint density at radius 1 is 1.29 bits per heavy atom. The van der Waals surface area contributed by atoms with Gasteiger partial charge >= 0.3 is 0 Å². The molecule has 5 nitrogen and oxygen atoms in total. The molecule has 0 bridgehead atoms. The molecule has 0 saturated carbocycles. The summed E-state index contributed by atoms with van der Waals surface area (Å²) in [5.74, 6) is 0.724. The largest absolute Gasteiger partial charge is 0.333 e. The highest BCUT2D eigenvalue weighted by atomic mass is 35.5. The van der Waals surface area contributed by atoms with E-state index < -0.39 is 0 Å². The van der Waals surface area contributed by atoms with E-state index in [0.717, 1.165) is 12.8 Å². The number of hydrogen-bond donors (Lipinski definition) is 0. The predicted molar refractivity (Wildman–Crippen MR) is 116 cm³/mol. The van der Waals surface area contributed by atoms with E-state index in [1.54, 1.807) is 22.8 Å². The van der Waals surface area contributed by atoms with E-state index in [1.165, 1.54) is 0 Å². The number of nitrogens with zero attached hydrogens (tertiary/aromatic N) is 3. The van der Waals surface area contributed by atoms with Crippen molar-refractivity contribution in [1.29, 1.82) is 0 Å². The maximum Gasteiger partial charge on any atom is 0.261 e. The van der Waals surface area contributed by atoms with Crippen LogP contribution in [0.4, 0.5) is 0 Å². The monoisotopic (exact) mass is 405 g/mol. The van der Waals surface area contributed by atoms with E-state index in [4.69, 9.17) is 16.6 Å². The van der Waals surface area contributed by atoms with E-state index >= 15 is 0 Å². The molecule has 1 aromatic heterocycles. The summed E-state index contributed by atoms with van der Waals surface area (Å²) < 4.78 is 1.66. The van der Waals surface area contributed by atoms with Crippen LogP contribution in [0.3, 0.4) is 0 Å². The lowest BCUT2D eigenvalue weighted by molar-refractivity contribution is -0.135. The fourth-order valence-electron chi connectivity index (χ4n) is 3.39. The number of benzene rings is 1. The molecule has 0 aliphatic rings. The average molecular weight is 406 g/mol. The van der Waals surface area contributed by atoms with Gasteiger partial charge in [0.05, 0.1) is 16.9 Å². The molecule has 1 heterocycles. The molecule has 6 heteroatoms. The van der Waals surface area contributed by atoms with Crippen LogP contribution in [0.15, 0.2) is 23.0 Å². The zero-order valence-corrected chi connectivity index (χ0v) is 18.6. The van der Waals surface area contributed by atoms with E-state index in [-0.39, 0.29) is 22.9 Å². The third-order valence-electron chi connectivity index (χ3n) is 4.86. The molecule has 1 unspecified atom stereocenters. The normalized spacial score (nSPS) is 13.0. The van der Waals surface area contributed by atoms with Crippen molar-refractivity contribution in [3.8, 4) is 0 Å². The summed E-state index contributed by atoms with van der Waals surface area (Å²) in [6.45, 7) is 13.3. The maximum absolute atomic E-state index is 13.1. The fourth-order valence-corrected chi connectivity index (χ4v) is 3.56. The highest BCUT2D eigenvalue weighted by Gasteiger charge is 2.28. The number of carbonyl (C=O) groups is 1. The Bertz CT molecular complexity index is 899. The molecule has 0 aliphatic carbocycles. The lowest BCUT2D eigenvalue weighted by atomic mass is 9.91. The Hall–Kier alpha value is -1.88. The van der Waals surface area contributed by atoms with Gasteiger partial charge in [-0.2, -0.15) is 0 Å². The molecular weight excluding hydrogens is 374 g/mol. The standard InChI is InChI=1S/C22H32ClN3O2/c1-7-9-12-26(19(27)14-22(4,5)6)15(3)20-24-18-11-10-16(23)13-17(18)21(28)25(20)8-2/h10-11,13,15H,7-9,12,14H2,1-6H3. The summed E-state index contributed by atoms with van der Waals surface area (Å²) in [5.41, 5.74) is 0.398. The Kier molecular flexibility index (Phi) is 7.27. The highest BCUT2D eigenvalue weighted by molar-refractivity contribution is 6.31. The zero-order chi connectivity index (χ0) is 21.1. The van der Waals surface area contributed by atoms with Gasteiger partial charge in [-0.3, -0.25) is 14.2 Å². The van der Waals surface area contributed by atoms with E-state index in [0.29, 0.717) is 41.3 Å². The Balaban J connectivity index is 2.55. The minimum Gasteiger partial charge on any atom is -0.333 e. The molecule has 1 amide bonds. The molecule has 0 radical (unpaired) electrons. The summed E-state index contributed by atoms with van der Waals surface area (Å²) >= 11 is 6.07. The second-order valence-electron chi connectivity index (χ2n) is 8.53. The third kappa shape index (κ3) is 5.13. The minimum atomic E-state index is -0.283. The molecule has 0 fully saturated rings. The summed E-state index contributed by atoms with van der Waals surface area (Å²) in [4.78, 5) is 32.7. The zero-order valence-electron chi connectivity index (χ0n) is 17.9. The van der Waals surface area contributed by atoms with Crippen LogP contribution in [-0.4, -0.2) is 26.9 Å². The van der Waals surface area contributed by atoms with E-state index in [2.05, 4.69) is 27.7 Å². The van der Waals surface area contributed by atoms with Crippen molar-refractivity contribution in [2.24, 2.45) is 5.41 Å². The molecule has 2 rings (SSSR count). The first kappa shape index (κ1) is 22.4. The molecular formula is C22H32ClN3O2. The first-order valence-electron chi connectivity index (χ1n) is 10.1. The van der Waals surface area contributed by atoms with Gasteiger partial charge in [0.2, 0.25) is 5.91 Å². The van der Waals surface area contributed by atoms with Crippen LogP contribution in [-0.2, 0) is 11.3 Å². The van der Waals surface area contributed by atoms with Gasteiger partial charge in [-0.15, -0.1) is 0 Å². The second kappa shape index (κ2) is 9.08. The van der Waals surface area contributed by atoms with Crippen molar-refractivity contribution in [2.75, 3.05) is 6.54 Å². The first-order chi connectivity index (χ1) is 13.1. The van der Waals surface area contributed by atoms with E-state index in [9.17, 15) is 9.59 Å². The average Bonchev–Trinajstić information content (AvgIpc) is 2.60. The molecule has 28 heavy (non-hydrogen) atoms. The van der Waals surface area contributed by atoms with Crippen LogP contribution in [0.1, 0.15) is 72.7 Å². The first-order valence-corrected chi connectivity index (χ1v) is 10.5. The van der Waals surface area contributed by atoms with Gasteiger partial charge in [-0.05, 0) is 43.9 Å². The van der Waals surface area contributed by atoms with Crippen molar-refractivity contribution < 1.29 is 4.79 Å². The summed E-state index contributed by atoms with van der Waals surface area (Å²) in [7, 11) is 0. The van der Waals surface area contributed by atoms with Crippen LogP contribution in [0, 0.1) is 5.41 Å². The van der Waals surface area contributed by atoms with Crippen LogP contribution < -0.4 is 5.56 Å². The molecule has 0 saturated heterocycles. The van der Waals surface area contributed by atoms with Crippen LogP contribution in [0.25, 0.3) is 10.9 Å². The second-order valence-corrected chi connectivity index (χ2v) is 8.97. The molecule has 0 N–H and O–H groups in total. The quantitative estimate of drug-likeness (QED) is 0.636. The Labute approximate surface area is 172 Å². The van der Waals surface area contributed by atoms with Gasteiger partial charge in [0.15, 0.2) is 0 Å². The lowest BCUT2D eigenvalue weighted by Gasteiger charge is -2.32. The van der Waals surface area contributed by atoms with Gasteiger partial charge in [0.25, 0.3) is 5.56 Å². The number of aromatic nitrogens is 2. The van der Waals surface area contributed by atoms with Crippen molar-refractivity contribution in [3.05, 3.63) is 39.4 Å². The molecule has 0 spiro atoms. The minimum absolute atomic E-state index is 0.0980. The number of rotatable bonds is 7. The number of unbranched alkanes of at least 4 members (excludes halogenated alkanes) is 1. The summed E-state index contributed by atoms with van der Waals surface area (Å²) in [6, 6.07) is 4.88. The Morgan fingerprint density at radius 2 is 1.96 bits per heavy atom. The Morgan fingerprint density at radius 3 is 2.54 bits per heavy atom. The van der Waals surface area contributed by atoms with Crippen LogP contribution >= 0.6 is 11.6 Å². The lowest BCUT2D eigenvalue weighted by Crippen LogP contribution is -2.39. The van der Waals surface area contributed by atoms with Gasteiger partial charge in [-0.25, -0.2) is 4.98 Å². The SMILES string of the molecule is CCCCN(C(=O)CC(C)(C)C)C(C)c1nc2ccc(Cl)cc2c(=O)n1CC. The number of carbonyl (C=O) groups excluding carboxylic acids is 1. The molecule has 2 aromatic rings. The number of amides is 1. The van der Waals surface area contributed by atoms with Crippen molar-refractivity contribution in [3.63, 3.8) is 0 Å². The third-order valence-corrected chi connectivity index (χ3v) is 5.09. The number of fused-ring (bicyclic) bond motifs is 1. The van der Waals surface area contributed by atoms with Crippen molar-refractivity contribution in [2.45, 2.75) is 73.4 Å². The highest BCUT2D eigenvalue weighted by Crippen LogP contribution is 2.26. The van der Waals surface area contributed by atoms with E-state index in [1.807, 2.05) is 18.7 Å². The topological polar surface area (TPSA) is 55.2 Å². The molecule has 154 valence electrons. The smallest absolute Gasteiger partial charge is 0.261 e. The van der Waals surface area contributed by atoms with Gasteiger partial charge in [0.1, 0.15) is 5.82 Å². The predicted octanol–water partition coefficient (Wildman–Crippen LogP) is 5.20. The van der Waals surface area contributed by atoms with Gasteiger partial charge < -0.3 is 4.90 Å². The molecule has 0 aliphatic heterocycles. The molecule has 1 atom stereocenters. The number of halogens is 1. The molecule has 1 aromatic carbocycles. The summed E-state index contributed by atoms with van der Waals surface area (Å²) in [6.07, 6.45) is 2.37. The summed E-state index contributed by atoms with van der Waals surface area (Å²) in [5, 5.41) is 1.02.